The minimum Gasteiger partial charge on any atom is -0.497 e. The smallest absolute Gasteiger partial charge is 0.337 e. The lowest BCUT2D eigenvalue weighted by Gasteiger charge is -2.45. The van der Waals surface area contributed by atoms with Crippen molar-refractivity contribution in [3.63, 3.8) is 0 Å². The second kappa shape index (κ2) is 17.9. The van der Waals surface area contributed by atoms with Crippen molar-refractivity contribution >= 4 is 37.9 Å². The van der Waals surface area contributed by atoms with Crippen molar-refractivity contribution in [3.8, 4) is 11.5 Å². The third kappa shape index (κ3) is 9.39. The molecule has 0 bridgehead atoms. The van der Waals surface area contributed by atoms with E-state index in [9.17, 15) is 14.2 Å². The Morgan fingerprint density at radius 1 is 0.820 bits per heavy atom. The normalized spacial score (nSPS) is 20.0. The summed E-state index contributed by atoms with van der Waals surface area (Å²) in [5.41, 5.74) is 0. The van der Waals surface area contributed by atoms with Gasteiger partial charge >= 0.3 is 7.60 Å². The Morgan fingerprint density at radius 3 is 1.88 bits per heavy atom. The van der Waals surface area contributed by atoms with Crippen LogP contribution in [-0.2, 0) is 37.1 Å². The van der Waals surface area contributed by atoms with Crippen LogP contribution in [0.3, 0.4) is 0 Å². The first kappa shape index (κ1) is 39.6. The largest absolute Gasteiger partial charge is 0.497 e. The van der Waals surface area contributed by atoms with E-state index in [-0.39, 0.29) is 23.8 Å². The third-order valence-electron chi connectivity index (χ3n) is 9.29. The highest BCUT2D eigenvalue weighted by Crippen LogP contribution is 2.47. The molecule has 272 valence electrons. The van der Waals surface area contributed by atoms with Gasteiger partial charge in [0.15, 0.2) is 6.29 Å². The SMILES string of the molecule is COc1ccc(OCCC[C@@H]2C(=O)[C@H](CC(=O)CP(=O)(OC)OC)[C@@H](CO[Si](c3ccccc3)(c3ccccc3)C(C)(C)C)O[C@@H]2OC)cc1. The molecule has 10 nitrogen and oxygen atoms in total. The molecule has 12 heteroatoms. The number of carbonyl (C=O) groups excluding carboxylic acids is 2. The molecule has 0 aliphatic carbocycles. The summed E-state index contributed by atoms with van der Waals surface area (Å²) in [6.45, 7) is 6.91. The van der Waals surface area contributed by atoms with Gasteiger partial charge in [-0.3, -0.25) is 14.2 Å². The number of Topliss-reactive ketones (excluding diaryl/α,β-unsaturated/α-hetero) is 2. The van der Waals surface area contributed by atoms with Crippen LogP contribution in [0.15, 0.2) is 84.9 Å². The van der Waals surface area contributed by atoms with Crippen LogP contribution in [0.5, 0.6) is 11.5 Å². The molecule has 4 rings (SSSR count). The first-order valence-electron chi connectivity index (χ1n) is 16.9. The second-order valence-electron chi connectivity index (χ2n) is 13.4. The molecule has 0 amide bonds. The first-order valence-corrected chi connectivity index (χ1v) is 20.5. The van der Waals surface area contributed by atoms with Gasteiger partial charge in [-0.15, -0.1) is 0 Å². The van der Waals surface area contributed by atoms with Gasteiger partial charge in [-0.2, -0.15) is 0 Å². The van der Waals surface area contributed by atoms with Crippen molar-refractivity contribution in [3.05, 3.63) is 84.9 Å². The molecule has 0 saturated carbocycles. The molecule has 1 aliphatic rings. The van der Waals surface area contributed by atoms with E-state index in [1.54, 1.807) is 7.11 Å². The van der Waals surface area contributed by atoms with Gasteiger partial charge in [-0.05, 0) is 52.5 Å². The van der Waals surface area contributed by atoms with Gasteiger partial charge in [0.05, 0.1) is 38.3 Å². The molecule has 3 aromatic rings. The highest BCUT2D eigenvalue weighted by atomic mass is 31.2. The highest BCUT2D eigenvalue weighted by Gasteiger charge is 2.52. The van der Waals surface area contributed by atoms with Gasteiger partial charge in [-0.25, -0.2) is 0 Å². The average Bonchev–Trinajstić information content (AvgIpc) is 3.12. The predicted octanol–water partition coefficient (Wildman–Crippen LogP) is 6.05. The Labute approximate surface area is 297 Å². The molecular formula is C38H51O10PSi. The van der Waals surface area contributed by atoms with Crippen molar-refractivity contribution < 1.29 is 46.6 Å². The van der Waals surface area contributed by atoms with E-state index < -0.39 is 52.1 Å². The Hall–Kier alpha value is -3.15. The predicted molar refractivity (Wildman–Crippen MR) is 195 cm³/mol. The molecule has 0 unspecified atom stereocenters. The van der Waals surface area contributed by atoms with Gasteiger partial charge in [0.25, 0.3) is 8.32 Å². The zero-order valence-electron chi connectivity index (χ0n) is 30.2. The summed E-state index contributed by atoms with van der Waals surface area (Å²) in [4.78, 5) is 27.8. The van der Waals surface area contributed by atoms with Gasteiger partial charge < -0.3 is 32.4 Å². The van der Waals surface area contributed by atoms with E-state index in [2.05, 4.69) is 45.0 Å². The van der Waals surface area contributed by atoms with E-state index >= 15 is 0 Å². The Kier molecular flexibility index (Phi) is 14.2. The zero-order valence-corrected chi connectivity index (χ0v) is 32.1. The van der Waals surface area contributed by atoms with Crippen LogP contribution >= 0.6 is 7.60 Å². The number of carbonyl (C=O) groups is 2. The molecule has 0 spiro atoms. The lowest BCUT2D eigenvalue weighted by atomic mass is 9.80. The van der Waals surface area contributed by atoms with Crippen molar-refractivity contribution in [2.45, 2.75) is 57.5 Å². The van der Waals surface area contributed by atoms with Crippen LogP contribution in [0.1, 0.15) is 40.0 Å². The average molecular weight is 727 g/mol. The molecule has 1 aliphatic heterocycles. The maximum Gasteiger partial charge on any atom is 0.337 e. The number of benzene rings is 3. The lowest BCUT2D eigenvalue weighted by Crippen LogP contribution is -2.67. The summed E-state index contributed by atoms with van der Waals surface area (Å²) >= 11 is 0. The second-order valence-corrected chi connectivity index (χ2v) is 20.0. The van der Waals surface area contributed by atoms with E-state index in [1.165, 1.54) is 21.3 Å². The van der Waals surface area contributed by atoms with Crippen molar-refractivity contribution in [1.29, 1.82) is 0 Å². The number of ether oxygens (including phenoxy) is 4. The number of ketones is 2. The zero-order chi connectivity index (χ0) is 36.4. The molecular weight excluding hydrogens is 675 g/mol. The number of hydrogen-bond acceptors (Lipinski definition) is 10. The summed E-state index contributed by atoms with van der Waals surface area (Å²) in [7, 11) is -1.08. The van der Waals surface area contributed by atoms with Gasteiger partial charge in [0.1, 0.15) is 29.2 Å². The fraction of sp³-hybridized carbons (Fsp3) is 0.474. The monoisotopic (exact) mass is 726 g/mol. The van der Waals surface area contributed by atoms with Crippen molar-refractivity contribution in [1.82, 2.24) is 0 Å². The van der Waals surface area contributed by atoms with E-state index in [0.717, 1.165) is 16.1 Å². The molecule has 3 aromatic carbocycles. The first-order chi connectivity index (χ1) is 23.9. The standard InChI is InChI=1S/C38H51O10PSi/c1-38(2,3)50(31-15-10-8-11-16-31,32-17-12-9-13-18-32)47-26-35-34(25-28(39)27-49(41,44-6)45-7)36(40)33(37(43-5)48-35)19-14-24-46-30-22-20-29(42-4)21-23-30/h8-13,15-18,20-23,33-35,37H,14,19,24-27H2,1-7H3/t33-,34-,35-,37+/m1/s1. The molecule has 0 N–H and O–H groups in total. The van der Waals surface area contributed by atoms with E-state index in [1.807, 2.05) is 60.7 Å². The highest BCUT2D eigenvalue weighted by molar-refractivity contribution is 7.54. The lowest BCUT2D eigenvalue weighted by molar-refractivity contribution is -0.226. The van der Waals surface area contributed by atoms with Gasteiger partial charge in [-0.1, -0.05) is 81.4 Å². The van der Waals surface area contributed by atoms with Crippen LogP contribution in [0, 0.1) is 11.8 Å². The summed E-state index contributed by atoms with van der Waals surface area (Å²) in [5.74, 6) is -0.704. The third-order valence-corrected chi connectivity index (χ3v) is 16.1. The van der Waals surface area contributed by atoms with E-state index in [4.69, 9.17) is 32.4 Å². The minimum atomic E-state index is -3.65. The molecule has 4 atom stereocenters. The fourth-order valence-corrected chi connectivity index (χ4v) is 12.2. The molecule has 0 aromatic heterocycles. The molecule has 50 heavy (non-hydrogen) atoms. The summed E-state index contributed by atoms with van der Waals surface area (Å²) in [6.07, 6.45) is -1.38. The Balaban J connectivity index is 1.61. The molecule has 0 radical (unpaired) electrons. The summed E-state index contributed by atoms with van der Waals surface area (Å²) in [5, 5.41) is 1.83. The van der Waals surface area contributed by atoms with Crippen molar-refractivity contribution in [2.75, 3.05) is 47.8 Å². The Morgan fingerprint density at radius 2 is 1.38 bits per heavy atom. The van der Waals surface area contributed by atoms with Crippen LogP contribution in [0.2, 0.25) is 5.04 Å². The van der Waals surface area contributed by atoms with Gasteiger partial charge in [0.2, 0.25) is 0 Å². The van der Waals surface area contributed by atoms with Crippen LogP contribution in [0.25, 0.3) is 0 Å². The van der Waals surface area contributed by atoms with Crippen LogP contribution in [0.4, 0.5) is 0 Å². The molecule has 1 saturated heterocycles. The minimum absolute atomic E-state index is 0.0380. The van der Waals surface area contributed by atoms with Crippen LogP contribution in [-0.4, -0.2) is 80.1 Å². The number of rotatable bonds is 18. The quantitative estimate of drug-likeness (QED) is 0.0872. The fourth-order valence-electron chi connectivity index (χ4n) is 6.70. The number of methoxy groups -OCH3 is 2. The molecule has 1 fully saturated rings. The maximum absolute atomic E-state index is 14.4. The van der Waals surface area contributed by atoms with Crippen LogP contribution < -0.4 is 19.8 Å². The number of hydrogen-bond donors (Lipinski definition) is 0. The van der Waals surface area contributed by atoms with Crippen molar-refractivity contribution in [2.24, 2.45) is 11.8 Å². The topological polar surface area (TPSA) is 116 Å². The summed E-state index contributed by atoms with van der Waals surface area (Å²) in [6, 6.07) is 27.6. The summed E-state index contributed by atoms with van der Waals surface area (Å²) < 4.78 is 53.6. The Bertz CT molecular complexity index is 1510. The van der Waals surface area contributed by atoms with E-state index in [0.29, 0.717) is 25.2 Å². The maximum atomic E-state index is 14.4. The van der Waals surface area contributed by atoms with Gasteiger partial charge in [0, 0.05) is 27.8 Å². The molecule has 1 heterocycles.